The van der Waals surface area contributed by atoms with E-state index in [0.717, 1.165) is 38.3 Å². The zero-order chi connectivity index (χ0) is 18.6. The third-order valence-electron chi connectivity index (χ3n) is 4.22. The fraction of sp³-hybridized carbons (Fsp3) is 0.474. The molecule has 1 saturated heterocycles. The lowest BCUT2D eigenvalue weighted by atomic mass is 10.2. The second-order valence-corrected chi connectivity index (χ2v) is 6.18. The lowest BCUT2D eigenvalue weighted by Crippen LogP contribution is -2.46. The van der Waals surface area contributed by atoms with Crippen LogP contribution in [-0.4, -0.2) is 73.2 Å². The van der Waals surface area contributed by atoms with Gasteiger partial charge in [0, 0.05) is 58.6 Å². The molecule has 1 fully saturated rings. The molecular weight excluding hydrogens is 330 g/mol. The number of carbonyl (C=O) groups is 1. The van der Waals surface area contributed by atoms with Gasteiger partial charge < -0.3 is 20.6 Å². The summed E-state index contributed by atoms with van der Waals surface area (Å²) in [5.74, 6) is -0.376. The summed E-state index contributed by atoms with van der Waals surface area (Å²) in [4.78, 5) is 16.3. The van der Waals surface area contributed by atoms with Crippen molar-refractivity contribution in [1.29, 1.82) is 5.26 Å². The number of aliphatic hydroxyl groups excluding tert-OH is 1. The molecule has 1 aromatic carbocycles. The summed E-state index contributed by atoms with van der Waals surface area (Å²) in [5.41, 5.74) is 1.10. The Morgan fingerprint density at radius 2 is 2.08 bits per heavy atom. The van der Waals surface area contributed by atoms with Crippen molar-refractivity contribution in [3.63, 3.8) is 0 Å². The summed E-state index contributed by atoms with van der Waals surface area (Å²) in [6.45, 7) is 5.99. The van der Waals surface area contributed by atoms with Gasteiger partial charge in [-0.15, -0.1) is 0 Å². The first-order chi connectivity index (χ1) is 12.7. The van der Waals surface area contributed by atoms with E-state index in [1.54, 1.807) is 4.90 Å². The van der Waals surface area contributed by atoms with E-state index >= 15 is 0 Å². The molecule has 2 rings (SSSR count). The maximum Gasteiger partial charge on any atom is 0.263 e. The third-order valence-corrected chi connectivity index (χ3v) is 4.22. The lowest BCUT2D eigenvalue weighted by molar-refractivity contribution is -0.117. The summed E-state index contributed by atoms with van der Waals surface area (Å²) in [7, 11) is 0. The average molecular weight is 357 g/mol. The van der Waals surface area contributed by atoms with Gasteiger partial charge >= 0.3 is 0 Å². The van der Waals surface area contributed by atoms with Crippen LogP contribution in [0.2, 0.25) is 0 Å². The summed E-state index contributed by atoms with van der Waals surface area (Å²) in [6.07, 6.45) is 1.53. The van der Waals surface area contributed by atoms with Crippen molar-refractivity contribution in [1.82, 2.24) is 20.4 Å². The summed E-state index contributed by atoms with van der Waals surface area (Å²) >= 11 is 0. The van der Waals surface area contributed by atoms with Crippen LogP contribution in [0.3, 0.4) is 0 Å². The number of amides is 1. The second-order valence-electron chi connectivity index (χ2n) is 6.18. The highest BCUT2D eigenvalue weighted by Gasteiger charge is 2.13. The number of benzene rings is 1. The minimum Gasteiger partial charge on any atom is -0.395 e. The second kappa shape index (κ2) is 11.3. The monoisotopic (exact) mass is 357 g/mol. The summed E-state index contributed by atoms with van der Waals surface area (Å²) in [5, 5.41) is 24.7. The Balaban J connectivity index is 1.89. The normalized spacial score (nSPS) is 15.3. The van der Waals surface area contributed by atoms with Crippen LogP contribution in [0, 0.1) is 11.3 Å². The van der Waals surface area contributed by atoms with Crippen LogP contribution >= 0.6 is 0 Å². The largest absolute Gasteiger partial charge is 0.395 e. The van der Waals surface area contributed by atoms with Gasteiger partial charge in [0.2, 0.25) is 0 Å². The molecule has 0 aliphatic carbocycles. The van der Waals surface area contributed by atoms with Gasteiger partial charge in [0.05, 0.1) is 6.61 Å². The van der Waals surface area contributed by atoms with E-state index in [1.807, 2.05) is 36.4 Å². The molecule has 0 aromatic heterocycles. The molecule has 0 bridgehead atoms. The molecule has 0 atom stereocenters. The lowest BCUT2D eigenvalue weighted by Gasteiger charge is -2.27. The predicted molar refractivity (Wildman–Crippen MR) is 100.0 cm³/mol. The molecule has 3 N–H and O–H groups in total. The van der Waals surface area contributed by atoms with E-state index in [1.165, 1.54) is 6.20 Å². The van der Waals surface area contributed by atoms with Crippen molar-refractivity contribution in [2.75, 3.05) is 52.4 Å². The molecule has 1 aliphatic heterocycles. The minimum absolute atomic E-state index is 0.0490. The molecule has 1 amide bonds. The third kappa shape index (κ3) is 6.84. The molecule has 7 heteroatoms. The highest BCUT2D eigenvalue weighted by Crippen LogP contribution is 2.07. The molecule has 140 valence electrons. The molecule has 0 saturated carbocycles. The topological polar surface area (TPSA) is 91.6 Å². The van der Waals surface area contributed by atoms with Crippen molar-refractivity contribution in [3.05, 3.63) is 47.7 Å². The number of hydrogen-bond acceptors (Lipinski definition) is 6. The molecule has 0 radical (unpaired) electrons. The number of carbonyl (C=O) groups excluding carboxylic acids is 1. The van der Waals surface area contributed by atoms with Gasteiger partial charge in [-0.2, -0.15) is 5.26 Å². The molecule has 1 heterocycles. The van der Waals surface area contributed by atoms with E-state index < -0.39 is 0 Å². The Hall–Kier alpha value is -2.40. The molecule has 0 spiro atoms. The zero-order valence-electron chi connectivity index (χ0n) is 15.0. The molecule has 1 aliphatic rings. The van der Waals surface area contributed by atoms with Crippen LogP contribution < -0.4 is 10.6 Å². The standard InChI is InChI=1S/C19H27N5O2/c20-14-18(19(26)22-8-11-23-9-6-21-7-10-23)16-24(12-13-25)15-17-4-2-1-3-5-17/h1-5,16,21,25H,6-13,15H2,(H,22,26)/b18-16-. The highest BCUT2D eigenvalue weighted by molar-refractivity contribution is 5.97. The van der Waals surface area contributed by atoms with Crippen LogP contribution in [-0.2, 0) is 11.3 Å². The van der Waals surface area contributed by atoms with Gasteiger partial charge in [0.1, 0.15) is 11.6 Å². The van der Waals surface area contributed by atoms with Crippen molar-refractivity contribution in [2.24, 2.45) is 0 Å². The number of rotatable bonds is 9. The number of nitrogens with one attached hydrogen (secondary N) is 2. The first-order valence-electron chi connectivity index (χ1n) is 8.95. The number of nitriles is 1. The molecule has 7 nitrogen and oxygen atoms in total. The Kier molecular flexibility index (Phi) is 8.63. The van der Waals surface area contributed by atoms with E-state index in [9.17, 15) is 15.2 Å². The van der Waals surface area contributed by atoms with Crippen LogP contribution in [0.25, 0.3) is 0 Å². The van der Waals surface area contributed by atoms with Crippen molar-refractivity contribution in [2.45, 2.75) is 6.54 Å². The van der Waals surface area contributed by atoms with Gasteiger partial charge in [0.15, 0.2) is 0 Å². The van der Waals surface area contributed by atoms with Crippen LogP contribution in [0.15, 0.2) is 42.1 Å². The Morgan fingerprint density at radius 3 is 2.73 bits per heavy atom. The minimum atomic E-state index is -0.376. The first kappa shape index (κ1) is 19.9. The number of hydrogen-bond donors (Lipinski definition) is 3. The number of aliphatic hydroxyl groups is 1. The number of piperazine rings is 1. The Labute approximate surface area is 154 Å². The predicted octanol–water partition coefficient (Wildman–Crippen LogP) is -0.0902. The average Bonchev–Trinajstić information content (AvgIpc) is 2.67. The van der Waals surface area contributed by atoms with E-state index in [0.29, 0.717) is 19.6 Å². The Morgan fingerprint density at radius 1 is 1.35 bits per heavy atom. The fourth-order valence-electron chi connectivity index (χ4n) is 2.81. The highest BCUT2D eigenvalue weighted by atomic mass is 16.3. The van der Waals surface area contributed by atoms with Gasteiger partial charge in [-0.05, 0) is 5.56 Å². The Bertz CT molecular complexity index is 621. The molecule has 1 aromatic rings. The molecule has 0 unspecified atom stereocenters. The van der Waals surface area contributed by atoms with Crippen molar-refractivity contribution in [3.8, 4) is 6.07 Å². The van der Waals surface area contributed by atoms with Crippen LogP contribution in [0.4, 0.5) is 0 Å². The van der Waals surface area contributed by atoms with Gasteiger partial charge in [-0.25, -0.2) is 0 Å². The summed E-state index contributed by atoms with van der Waals surface area (Å²) < 4.78 is 0. The SMILES string of the molecule is N#C/C(=C/N(CCO)Cc1ccccc1)C(=O)NCCN1CCNCC1. The van der Waals surface area contributed by atoms with Gasteiger partial charge in [0.25, 0.3) is 5.91 Å². The maximum absolute atomic E-state index is 12.3. The van der Waals surface area contributed by atoms with E-state index in [-0.39, 0.29) is 18.1 Å². The van der Waals surface area contributed by atoms with E-state index in [4.69, 9.17) is 0 Å². The smallest absolute Gasteiger partial charge is 0.263 e. The number of nitrogens with zero attached hydrogens (tertiary/aromatic N) is 3. The van der Waals surface area contributed by atoms with Crippen molar-refractivity contribution < 1.29 is 9.90 Å². The van der Waals surface area contributed by atoms with E-state index in [2.05, 4.69) is 15.5 Å². The van der Waals surface area contributed by atoms with Gasteiger partial charge in [-0.3, -0.25) is 9.69 Å². The molecule has 26 heavy (non-hydrogen) atoms. The fourth-order valence-corrected chi connectivity index (χ4v) is 2.81. The first-order valence-corrected chi connectivity index (χ1v) is 8.95. The summed E-state index contributed by atoms with van der Waals surface area (Å²) in [6, 6.07) is 11.7. The molecular formula is C19H27N5O2. The van der Waals surface area contributed by atoms with Gasteiger partial charge in [-0.1, -0.05) is 30.3 Å². The van der Waals surface area contributed by atoms with Crippen molar-refractivity contribution >= 4 is 5.91 Å². The maximum atomic E-state index is 12.3. The quantitative estimate of drug-likeness (QED) is 0.423. The zero-order valence-corrected chi connectivity index (χ0v) is 15.0. The van der Waals surface area contributed by atoms with Crippen LogP contribution in [0.5, 0.6) is 0 Å². The van der Waals surface area contributed by atoms with Crippen LogP contribution in [0.1, 0.15) is 5.56 Å².